The molecule has 1 atom stereocenters. The molecular weight excluding hydrogens is 519 g/mol. The van der Waals surface area contributed by atoms with Crippen molar-refractivity contribution in [1.82, 2.24) is 3.93 Å². The SMILES string of the molecule is COc1ccc(C=CC2=NC(C(Cl)(Cl)Cl)N(Br)C(C(Cl)(Cl)Cl)=N2)cc1. The van der Waals surface area contributed by atoms with Gasteiger partial charge in [-0.1, -0.05) is 87.8 Å². The fraction of sp³-hybridized carbons (Fsp3) is 0.286. The second kappa shape index (κ2) is 8.42. The van der Waals surface area contributed by atoms with E-state index in [1.807, 2.05) is 24.3 Å². The number of ether oxygens (including phenoxy) is 1. The van der Waals surface area contributed by atoms with E-state index in [0.717, 1.165) is 11.3 Å². The van der Waals surface area contributed by atoms with Crippen molar-refractivity contribution in [2.75, 3.05) is 7.11 Å². The number of methoxy groups -OCH3 is 1. The number of hydrogen-bond donors (Lipinski definition) is 0. The van der Waals surface area contributed by atoms with E-state index in [1.165, 1.54) is 3.93 Å². The van der Waals surface area contributed by atoms with E-state index in [4.69, 9.17) is 74.3 Å². The number of nitrogens with zero attached hydrogens (tertiary/aromatic N) is 3. The van der Waals surface area contributed by atoms with Gasteiger partial charge >= 0.3 is 0 Å². The standard InChI is InChI=1S/C14H10BrCl6N3O/c1-25-9-5-2-8(3-6-9)4-7-10-22-11(13(16,17)18)24(15)12(23-10)14(19,20)21/h2-7,11H,1H3. The van der Waals surface area contributed by atoms with Crippen LogP contribution in [0.5, 0.6) is 5.75 Å². The molecule has 4 nitrogen and oxygen atoms in total. The molecule has 2 rings (SSSR count). The highest BCUT2D eigenvalue weighted by molar-refractivity contribution is 9.07. The molecule has 1 unspecified atom stereocenters. The van der Waals surface area contributed by atoms with Gasteiger partial charge in [0.05, 0.1) is 23.3 Å². The molecule has 0 fully saturated rings. The van der Waals surface area contributed by atoms with Crippen molar-refractivity contribution < 1.29 is 4.74 Å². The fourth-order valence-corrected chi connectivity index (χ4v) is 4.07. The lowest BCUT2D eigenvalue weighted by atomic mass is 10.2. The summed E-state index contributed by atoms with van der Waals surface area (Å²) in [6.45, 7) is 0. The first kappa shape index (κ1) is 21.4. The number of halogens is 7. The lowest BCUT2D eigenvalue weighted by Gasteiger charge is -2.35. The van der Waals surface area contributed by atoms with Crippen molar-refractivity contribution in [2.24, 2.45) is 9.98 Å². The van der Waals surface area contributed by atoms with E-state index < -0.39 is 13.8 Å². The summed E-state index contributed by atoms with van der Waals surface area (Å²) in [5.74, 6) is 1.01. The Hall–Kier alpha value is 0.120. The van der Waals surface area contributed by atoms with Crippen LogP contribution in [0, 0.1) is 0 Å². The zero-order valence-electron chi connectivity index (χ0n) is 12.4. The molecule has 0 radical (unpaired) electrons. The second-order valence-electron chi connectivity index (χ2n) is 4.75. The fourth-order valence-electron chi connectivity index (χ4n) is 1.83. The van der Waals surface area contributed by atoms with E-state index in [2.05, 4.69) is 26.1 Å². The average Bonchev–Trinajstić information content (AvgIpc) is 2.52. The van der Waals surface area contributed by atoms with Crippen molar-refractivity contribution in [1.29, 1.82) is 0 Å². The van der Waals surface area contributed by atoms with E-state index >= 15 is 0 Å². The first-order chi connectivity index (χ1) is 11.5. The molecule has 1 heterocycles. The highest BCUT2D eigenvalue weighted by Gasteiger charge is 2.45. The first-order valence-electron chi connectivity index (χ1n) is 6.60. The van der Waals surface area contributed by atoms with Crippen LogP contribution < -0.4 is 4.74 Å². The molecule has 0 saturated carbocycles. The van der Waals surface area contributed by atoms with Gasteiger partial charge < -0.3 is 4.74 Å². The third-order valence-corrected chi connectivity index (χ3v) is 4.80. The normalized spacial score (nSPS) is 19.0. The van der Waals surface area contributed by atoms with Crippen LogP contribution in [0.1, 0.15) is 5.56 Å². The molecule has 1 aliphatic heterocycles. The molecule has 0 saturated heterocycles. The van der Waals surface area contributed by atoms with Crippen LogP contribution in [0.2, 0.25) is 0 Å². The average molecular weight is 529 g/mol. The Kier molecular flexibility index (Phi) is 7.22. The monoisotopic (exact) mass is 525 g/mol. The molecule has 1 aromatic carbocycles. The van der Waals surface area contributed by atoms with Crippen LogP contribution in [0.3, 0.4) is 0 Å². The van der Waals surface area contributed by atoms with Gasteiger partial charge in [0, 0.05) is 0 Å². The maximum Gasteiger partial charge on any atom is 0.248 e. The van der Waals surface area contributed by atoms with Crippen LogP contribution >= 0.6 is 85.8 Å². The minimum absolute atomic E-state index is 0.0261. The quantitative estimate of drug-likeness (QED) is 0.346. The summed E-state index contributed by atoms with van der Waals surface area (Å²) in [5.41, 5.74) is 0.890. The lowest BCUT2D eigenvalue weighted by Crippen LogP contribution is -2.47. The largest absolute Gasteiger partial charge is 0.497 e. The minimum Gasteiger partial charge on any atom is -0.497 e. The first-order valence-corrected chi connectivity index (χ1v) is 9.57. The van der Waals surface area contributed by atoms with Crippen LogP contribution in [0.15, 0.2) is 40.3 Å². The zero-order chi connectivity index (χ0) is 18.8. The maximum absolute atomic E-state index is 5.97. The molecule has 1 aromatic rings. The van der Waals surface area contributed by atoms with Gasteiger partial charge in [-0.2, -0.15) is 0 Å². The van der Waals surface area contributed by atoms with Crippen molar-refractivity contribution in [3.63, 3.8) is 0 Å². The highest BCUT2D eigenvalue weighted by Crippen LogP contribution is 2.41. The molecular formula is C14H10BrCl6N3O. The predicted octanol–water partition coefficient (Wildman–Crippen LogP) is 6.20. The summed E-state index contributed by atoms with van der Waals surface area (Å²) in [6.07, 6.45) is 2.43. The molecule has 0 aromatic heterocycles. The summed E-state index contributed by atoms with van der Waals surface area (Å²) in [7, 11) is 1.59. The Bertz CT molecular complexity index is 709. The van der Waals surface area contributed by atoms with Crippen LogP contribution in [-0.2, 0) is 0 Å². The van der Waals surface area contributed by atoms with Gasteiger partial charge in [-0.25, -0.2) is 9.98 Å². The molecule has 0 spiro atoms. The summed E-state index contributed by atoms with van der Waals surface area (Å²) in [6, 6.07) is 7.37. The van der Waals surface area contributed by atoms with E-state index in [-0.39, 0.29) is 11.7 Å². The van der Waals surface area contributed by atoms with E-state index in [1.54, 1.807) is 19.3 Å². The smallest absolute Gasteiger partial charge is 0.248 e. The van der Waals surface area contributed by atoms with Crippen LogP contribution in [-0.4, -0.2) is 36.5 Å². The molecule has 0 amide bonds. The van der Waals surface area contributed by atoms with Crippen LogP contribution in [0.4, 0.5) is 0 Å². The lowest BCUT2D eigenvalue weighted by molar-refractivity contribution is 0.415. The van der Waals surface area contributed by atoms with Gasteiger partial charge in [-0.3, -0.25) is 3.93 Å². The Labute approximate surface area is 183 Å². The number of aliphatic imine (C=N–C) groups is 2. The second-order valence-corrected chi connectivity index (χ2v) is 10.2. The Morgan fingerprint density at radius 2 is 1.68 bits per heavy atom. The molecule has 1 aliphatic rings. The zero-order valence-corrected chi connectivity index (χ0v) is 18.6. The number of amidine groups is 2. The van der Waals surface area contributed by atoms with Gasteiger partial charge in [0.25, 0.3) is 0 Å². The van der Waals surface area contributed by atoms with E-state index in [0.29, 0.717) is 0 Å². The number of hydrogen-bond acceptors (Lipinski definition) is 4. The Balaban J connectivity index is 2.35. The predicted molar refractivity (Wildman–Crippen MR) is 112 cm³/mol. The molecule has 0 aliphatic carbocycles. The van der Waals surface area contributed by atoms with Gasteiger partial charge in [-0.15, -0.1) is 0 Å². The third kappa shape index (κ3) is 5.80. The molecule has 136 valence electrons. The Morgan fingerprint density at radius 3 is 2.16 bits per heavy atom. The minimum atomic E-state index is -1.84. The number of benzene rings is 1. The molecule has 25 heavy (non-hydrogen) atoms. The number of rotatable bonds is 3. The topological polar surface area (TPSA) is 37.2 Å². The summed E-state index contributed by atoms with van der Waals surface area (Å²) < 4.78 is 2.73. The van der Waals surface area contributed by atoms with Crippen molar-refractivity contribution >= 4 is 104 Å². The summed E-state index contributed by atoms with van der Waals surface area (Å²) >= 11 is 38.9. The Morgan fingerprint density at radius 1 is 1.08 bits per heavy atom. The van der Waals surface area contributed by atoms with Crippen LogP contribution in [0.25, 0.3) is 6.08 Å². The van der Waals surface area contributed by atoms with Gasteiger partial charge in [-0.05, 0) is 23.8 Å². The summed E-state index contributed by atoms with van der Waals surface area (Å²) in [5, 5.41) is 0. The molecule has 0 N–H and O–H groups in total. The van der Waals surface area contributed by atoms with Gasteiger partial charge in [0.2, 0.25) is 7.59 Å². The molecule has 0 bridgehead atoms. The van der Waals surface area contributed by atoms with Crippen molar-refractivity contribution in [2.45, 2.75) is 13.8 Å². The van der Waals surface area contributed by atoms with Gasteiger partial charge in [0.1, 0.15) is 5.75 Å². The van der Waals surface area contributed by atoms with Crippen molar-refractivity contribution in [3.05, 3.63) is 35.9 Å². The number of alkyl halides is 6. The highest BCUT2D eigenvalue weighted by atomic mass is 79.9. The van der Waals surface area contributed by atoms with E-state index in [9.17, 15) is 0 Å². The third-order valence-electron chi connectivity index (χ3n) is 2.98. The van der Waals surface area contributed by atoms with Crippen molar-refractivity contribution in [3.8, 4) is 5.75 Å². The molecule has 11 heteroatoms. The summed E-state index contributed by atoms with van der Waals surface area (Å²) in [4.78, 5) is 8.48. The maximum atomic E-state index is 5.97. The van der Waals surface area contributed by atoms with Gasteiger partial charge in [0.15, 0.2) is 17.8 Å².